The summed E-state index contributed by atoms with van der Waals surface area (Å²) >= 11 is 0. The van der Waals surface area contributed by atoms with Crippen LogP contribution >= 0.6 is 0 Å². The molecular formula is C24H21F3N6O2. The number of benzene rings is 1. The Labute approximate surface area is 198 Å². The molecule has 0 saturated heterocycles. The molecule has 4 aromatic rings. The number of carbonyl (C=O) groups is 1. The first-order valence-electron chi connectivity index (χ1n) is 11.0. The van der Waals surface area contributed by atoms with Crippen molar-refractivity contribution in [3.63, 3.8) is 0 Å². The van der Waals surface area contributed by atoms with Gasteiger partial charge in [0.15, 0.2) is 5.82 Å². The number of fused-ring (bicyclic) bond motifs is 1. The van der Waals surface area contributed by atoms with Gasteiger partial charge in [-0.15, -0.1) is 0 Å². The second-order valence-electron chi connectivity index (χ2n) is 8.29. The van der Waals surface area contributed by atoms with Crippen molar-refractivity contribution >= 4 is 16.9 Å². The number of nitrogens with one attached hydrogen (secondary N) is 1. The zero-order valence-corrected chi connectivity index (χ0v) is 18.4. The van der Waals surface area contributed by atoms with Crippen molar-refractivity contribution in [2.75, 3.05) is 0 Å². The van der Waals surface area contributed by atoms with Crippen LogP contribution in [-0.4, -0.2) is 44.1 Å². The molecule has 1 aromatic carbocycles. The molecule has 35 heavy (non-hydrogen) atoms. The van der Waals surface area contributed by atoms with Crippen molar-refractivity contribution < 1.29 is 22.7 Å². The summed E-state index contributed by atoms with van der Waals surface area (Å²) in [6.45, 7) is -2.97. The predicted octanol–water partition coefficient (Wildman–Crippen LogP) is 3.83. The molecule has 180 valence electrons. The van der Waals surface area contributed by atoms with E-state index in [0.717, 1.165) is 31.7 Å². The van der Waals surface area contributed by atoms with Gasteiger partial charge in [0.05, 0.1) is 29.0 Å². The van der Waals surface area contributed by atoms with E-state index in [4.69, 9.17) is 5.73 Å². The monoisotopic (exact) mass is 482 g/mol. The summed E-state index contributed by atoms with van der Waals surface area (Å²) in [4.78, 5) is 25.5. The lowest BCUT2D eigenvalue weighted by Crippen LogP contribution is -2.44. The first kappa shape index (κ1) is 22.8. The minimum absolute atomic E-state index is 0.0136. The highest BCUT2D eigenvalue weighted by molar-refractivity contribution is 6.00. The standard InChI is InChI=1S/C24H21F3N6O2/c25-15-10-30-24(31-11-15)33-12-17(13-3-1-4-16(7-13)35-23(26)27)21-20(33)8-14(9-29-21)22(34)32-19-6-2-5-18(19)28/h1,3-4,7-12,18-19,23H,2,5-6,28H2,(H,32,34)/t18-,19-/m1/s1. The van der Waals surface area contributed by atoms with E-state index < -0.39 is 12.4 Å². The third-order valence-electron chi connectivity index (χ3n) is 5.98. The molecular weight excluding hydrogens is 461 g/mol. The topological polar surface area (TPSA) is 108 Å². The quantitative estimate of drug-likeness (QED) is 0.433. The number of aromatic nitrogens is 4. The zero-order chi connectivity index (χ0) is 24.5. The minimum atomic E-state index is -2.97. The summed E-state index contributed by atoms with van der Waals surface area (Å²) in [7, 11) is 0. The van der Waals surface area contributed by atoms with Crippen LogP contribution < -0.4 is 15.8 Å². The molecule has 5 rings (SSSR count). The highest BCUT2D eigenvalue weighted by Gasteiger charge is 2.26. The minimum Gasteiger partial charge on any atom is -0.435 e. The molecule has 1 aliphatic carbocycles. The summed E-state index contributed by atoms with van der Waals surface area (Å²) < 4.78 is 45.0. The first-order valence-corrected chi connectivity index (χ1v) is 11.0. The van der Waals surface area contributed by atoms with Crippen molar-refractivity contribution in [1.82, 2.24) is 24.8 Å². The maximum absolute atomic E-state index is 13.4. The number of rotatable bonds is 6. The van der Waals surface area contributed by atoms with Crippen LogP contribution in [0.25, 0.3) is 28.1 Å². The van der Waals surface area contributed by atoms with Gasteiger partial charge in [0.25, 0.3) is 5.91 Å². The van der Waals surface area contributed by atoms with E-state index in [1.807, 2.05) is 0 Å². The maximum atomic E-state index is 13.4. The number of hydrogen-bond acceptors (Lipinski definition) is 6. The fourth-order valence-electron chi connectivity index (χ4n) is 4.29. The van der Waals surface area contributed by atoms with E-state index in [-0.39, 0.29) is 29.7 Å². The highest BCUT2D eigenvalue weighted by atomic mass is 19.3. The summed E-state index contributed by atoms with van der Waals surface area (Å²) in [5.41, 5.74) is 8.46. The van der Waals surface area contributed by atoms with Gasteiger partial charge >= 0.3 is 6.61 Å². The van der Waals surface area contributed by atoms with Crippen LogP contribution in [0.15, 0.2) is 55.1 Å². The summed E-state index contributed by atoms with van der Waals surface area (Å²) in [5, 5.41) is 2.96. The fourth-order valence-corrected chi connectivity index (χ4v) is 4.29. The molecule has 1 fully saturated rings. The van der Waals surface area contributed by atoms with Crippen molar-refractivity contribution in [2.24, 2.45) is 5.73 Å². The Kier molecular flexibility index (Phi) is 6.08. The van der Waals surface area contributed by atoms with E-state index in [2.05, 4.69) is 25.0 Å². The molecule has 1 amide bonds. The van der Waals surface area contributed by atoms with Gasteiger partial charge < -0.3 is 15.8 Å². The van der Waals surface area contributed by atoms with Crippen LogP contribution in [0.3, 0.4) is 0 Å². The largest absolute Gasteiger partial charge is 0.435 e. The SMILES string of the molecule is N[C@@H]1CCC[C@H]1NC(=O)c1cnc2c(-c3cccc(OC(F)F)c3)cn(-c3ncc(F)cn3)c2c1. The van der Waals surface area contributed by atoms with E-state index in [0.29, 0.717) is 27.7 Å². The lowest BCUT2D eigenvalue weighted by Gasteiger charge is -2.17. The number of alkyl halides is 2. The second-order valence-corrected chi connectivity index (χ2v) is 8.29. The molecule has 1 saturated carbocycles. The first-order chi connectivity index (χ1) is 16.9. The van der Waals surface area contributed by atoms with Crippen LogP contribution in [-0.2, 0) is 0 Å². The van der Waals surface area contributed by atoms with Crippen LogP contribution in [0.2, 0.25) is 0 Å². The van der Waals surface area contributed by atoms with E-state index in [1.165, 1.54) is 18.3 Å². The Bertz CT molecular complexity index is 1380. The Hall–Kier alpha value is -3.99. The lowest BCUT2D eigenvalue weighted by molar-refractivity contribution is -0.0498. The number of ether oxygens (including phenoxy) is 1. The molecule has 0 aliphatic heterocycles. The predicted molar refractivity (Wildman–Crippen MR) is 122 cm³/mol. The van der Waals surface area contributed by atoms with Gasteiger partial charge in [-0.3, -0.25) is 14.3 Å². The van der Waals surface area contributed by atoms with Crippen LogP contribution in [0.4, 0.5) is 13.2 Å². The number of carbonyl (C=O) groups excluding carboxylic acids is 1. The van der Waals surface area contributed by atoms with E-state index >= 15 is 0 Å². The van der Waals surface area contributed by atoms with Gasteiger partial charge in [0.2, 0.25) is 5.95 Å². The molecule has 8 nitrogen and oxygen atoms in total. The highest BCUT2D eigenvalue weighted by Crippen LogP contribution is 2.33. The smallest absolute Gasteiger partial charge is 0.387 e. The summed E-state index contributed by atoms with van der Waals surface area (Å²) in [6.07, 6.45) is 7.75. The van der Waals surface area contributed by atoms with Gasteiger partial charge in [-0.2, -0.15) is 8.78 Å². The third-order valence-corrected chi connectivity index (χ3v) is 5.98. The molecule has 3 heterocycles. The summed E-state index contributed by atoms with van der Waals surface area (Å²) in [5.74, 6) is -0.781. The van der Waals surface area contributed by atoms with E-state index in [1.54, 1.807) is 29.0 Å². The number of nitrogens with two attached hydrogens (primary N) is 1. The number of amides is 1. The number of halogens is 3. The Balaban J connectivity index is 1.60. The van der Waals surface area contributed by atoms with Gasteiger partial charge in [0.1, 0.15) is 5.75 Å². The molecule has 3 aromatic heterocycles. The molecule has 0 radical (unpaired) electrons. The Morgan fingerprint density at radius 1 is 1.14 bits per heavy atom. The average molecular weight is 482 g/mol. The fraction of sp³-hybridized carbons (Fsp3) is 0.250. The van der Waals surface area contributed by atoms with Gasteiger partial charge in [0, 0.05) is 30.0 Å². The third kappa shape index (κ3) is 4.67. The maximum Gasteiger partial charge on any atom is 0.387 e. The zero-order valence-electron chi connectivity index (χ0n) is 18.4. The molecule has 0 unspecified atom stereocenters. The molecule has 1 aliphatic rings. The number of pyridine rings is 1. The van der Waals surface area contributed by atoms with Crippen molar-refractivity contribution in [2.45, 2.75) is 38.0 Å². The summed E-state index contributed by atoms with van der Waals surface area (Å²) in [6, 6.07) is 7.60. The average Bonchev–Trinajstić information content (AvgIpc) is 3.42. The van der Waals surface area contributed by atoms with Crippen LogP contribution in [0, 0.1) is 5.82 Å². The number of nitrogens with zero attached hydrogens (tertiary/aromatic N) is 4. The van der Waals surface area contributed by atoms with Gasteiger partial charge in [-0.05, 0) is 43.0 Å². The second kappa shape index (κ2) is 9.34. The molecule has 3 N–H and O–H groups in total. The number of hydrogen-bond donors (Lipinski definition) is 2. The van der Waals surface area contributed by atoms with Crippen molar-refractivity contribution in [3.8, 4) is 22.8 Å². The molecule has 0 spiro atoms. The lowest BCUT2D eigenvalue weighted by atomic mass is 10.1. The van der Waals surface area contributed by atoms with Crippen LogP contribution in [0.1, 0.15) is 29.6 Å². The van der Waals surface area contributed by atoms with Crippen molar-refractivity contribution in [3.05, 3.63) is 66.5 Å². The normalized spacial score (nSPS) is 17.7. The Morgan fingerprint density at radius 3 is 2.66 bits per heavy atom. The molecule has 11 heteroatoms. The Morgan fingerprint density at radius 2 is 1.94 bits per heavy atom. The van der Waals surface area contributed by atoms with Gasteiger partial charge in [-0.1, -0.05) is 12.1 Å². The van der Waals surface area contributed by atoms with Gasteiger partial charge in [-0.25, -0.2) is 14.4 Å². The van der Waals surface area contributed by atoms with Crippen molar-refractivity contribution in [1.29, 1.82) is 0 Å². The van der Waals surface area contributed by atoms with E-state index in [9.17, 15) is 18.0 Å². The molecule has 2 atom stereocenters. The molecule has 0 bridgehead atoms. The van der Waals surface area contributed by atoms with Crippen LogP contribution in [0.5, 0.6) is 5.75 Å².